The van der Waals surface area contributed by atoms with Crippen LogP contribution in [0.5, 0.6) is 0 Å². The fourth-order valence-corrected chi connectivity index (χ4v) is 2.89. The highest BCUT2D eigenvalue weighted by Crippen LogP contribution is 2.29. The molecule has 154 valence electrons. The summed E-state index contributed by atoms with van der Waals surface area (Å²) in [7, 11) is 0. The van der Waals surface area contributed by atoms with Crippen molar-refractivity contribution in [2.75, 3.05) is 25.0 Å². The van der Waals surface area contributed by atoms with Gasteiger partial charge in [0.05, 0.1) is 28.5 Å². The number of likely N-dealkylation sites (N-methyl/N-ethyl adjacent to an activating group) is 1. The Bertz CT molecular complexity index is 862. The Morgan fingerprint density at radius 3 is 2.48 bits per heavy atom. The zero-order chi connectivity index (χ0) is 21.2. The molecule has 0 radical (unpaired) electrons. The molecule has 0 saturated heterocycles. The largest absolute Gasteiger partial charge is 0.465 e. The van der Waals surface area contributed by atoms with Gasteiger partial charge >= 0.3 is 0 Å². The molecule has 0 bridgehead atoms. The predicted octanol–water partition coefficient (Wildman–Crippen LogP) is 3.59. The Kier molecular flexibility index (Phi) is 8.76. The van der Waals surface area contributed by atoms with Crippen LogP contribution in [0.25, 0.3) is 6.08 Å². The van der Waals surface area contributed by atoms with Crippen LogP contribution in [-0.2, 0) is 14.4 Å². The number of carbonyl (C=O) groups excluding carboxylic acids is 3. The van der Waals surface area contributed by atoms with Gasteiger partial charge in [0.25, 0.3) is 0 Å². The van der Waals surface area contributed by atoms with Gasteiger partial charge in [-0.3, -0.25) is 14.4 Å². The number of benzene rings is 1. The third-order valence-corrected chi connectivity index (χ3v) is 4.51. The molecule has 2 N–H and O–H groups in total. The molecule has 0 spiro atoms. The van der Waals surface area contributed by atoms with Crippen LogP contribution in [-0.4, -0.2) is 42.3 Å². The van der Waals surface area contributed by atoms with E-state index in [1.54, 1.807) is 37.3 Å². The highest BCUT2D eigenvalue weighted by Gasteiger charge is 2.17. The first-order valence-electron chi connectivity index (χ1n) is 8.91. The number of amides is 3. The van der Waals surface area contributed by atoms with Crippen LogP contribution in [0.4, 0.5) is 5.69 Å². The number of nitrogens with one attached hydrogen (secondary N) is 2. The zero-order valence-electron chi connectivity index (χ0n) is 15.8. The van der Waals surface area contributed by atoms with Gasteiger partial charge in [0.15, 0.2) is 0 Å². The van der Waals surface area contributed by atoms with E-state index in [1.165, 1.54) is 23.3 Å². The summed E-state index contributed by atoms with van der Waals surface area (Å²) in [6, 6.07) is 8.31. The molecular weight excluding hydrogens is 417 g/mol. The van der Waals surface area contributed by atoms with Crippen LogP contribution in [0.1, 0.15) is 19.1 Å². The van der Waals surface area contributed by atoms with E-state index in [2.05, 4.69) is 10.6 Å². The molecule has 0 saturated carbocycles. The van der Waals surface area contributed by atoms with Crippen LogP contribution in [0.2, 0.25) is 10.0 Å². The molecule has 0 aliphatic carbocycles. The van der Waals surface area contributed by atoms with Crippen LogP contribution < -0.4 is 10.6 Å². The molecule has 0 unspecified atom stereocenters. The summed E-state index contributed by atoms with van der Waals surface area (Å²) in [4.78, 5) is 37.7. The number of furan rings is 1. The SMILES string of the molecule is CCN(CC(=O)Nc1c(Cl)cccc1Cl)C(=O)CCNC(=O)/C=C/c1ccco1. The first kappa shape index (κ1) is 22.5. The predicted molar refractivity (Wildman–Crippen MR) is 113 cm³/mol. The summed E-state index contributed by atoms with van der Waals surface area (Å²) in [5.41, 5.74) is 0.306. The van der Waals surface area contributed by atoms with Crippen molar-refractivity contribution in [3.63, 3.8) is 0 Å². The summed E-state index contributed by atoms with van der Waals surface area (Å²) in [5, 5.41) is 5.85. The Labute approximate surface area is 178 Å². The van der Waals surface area contributed by atoms with Gasteiger partial charge < -0.3 is 20.0 Å². The monoisotopic (exact) mass is 437 g/mol. The van der Waals surface area contributed by atoms with E-state index in [0.717, 1.165) is 0 Å². The molecular formula is C20H21Cl2N3O4. The molecule has 3 amide bonds. The van der Waals surface area contributed by atoms with E-state index in [-0.39, 0.29) is 31.3 Å². The lowest BCUT2D eigenvalue weighted by molar-refractivity contribution is -0.134. The van der Waals surface area contributed by atoms with Crippen LogP contribution in [0.15, 0.2) is 47.1 Å². The molecule has 2 rings (SSSR count). The Balaban J connectivity index is 1.79. The lowest BCUT2D eigenvalue weighted by atomic mass is 10.3. The van der Waals surface area contributed by atoms with Gasteiger partial charge in [0.1, 0.15) is 5.76 Å². The smallest absolute Gasteiger partial charge is 0.244 e. The molecule has 1 aromatic carbocycles. The van der Waals surface area contributed by atoms with Crippen LogP contribution in [0.3, 0.4) is 0 Å². The summed E-state index contributed by atoms with van der Waals surface area (Å²) >= 11 is 12.1. The van der Waals surface area contributed by atoms with Crippen molar-refractivity contribution >= 4 is 52.7 Å². The van der Waals surface area contributed by atoms with Crippen LogP contribution >= 0.6 is 23.2 Å². The minimum absolute atomic E-state index is 0.0638. The van der Waals surface area contributed by atoms with Crippen molar-refractivity contribution < 1.29 is 18.8 Å². The maximum Gasteiger partial charge on any atom is 0.244 e. The maximum atomic E-state index is 12.3. The Hall–Kier alpha value is -2.77. The lowest BCUT2D eigenvalue weighted by Crippen LogP contribution is -2.39. The second-order valence-electron chi connectivity index (χ2n) is 5.94. The summed E-state index contributed by atoms with van der Waals surface area (Å²) in [5.74, 6) is -0.467. The summed E-state index contributed by atoms with van der Waals surface area (Å²) < 4.78 is 5.08. The number of hydrogen-bond donors (Lipinski definition) is 2. The van der Waals surface area contributed by atoms with Crippen molar-refractivity contribution in [1.82, 2.24) is 10.2 Å². The van der Waals surface area contributed by atoms with Gasteiger partial charge in [-0.25, -0.2) is 0 Å². The van der Waals surface area contributed by atoms with E-state index in [0.29, 0.717) is 28.0 Å². The fraction of sp³-hybridized carbons (Fsp3) is 0.250. The van der Waals surface area contributed by atoms with Gasteiger partial charge in [-0.15, -0.1) is 0 Å². The number of carbonyl (C=O) groups is 3. The summed E-state index contributed by atoms with van der Waals surface area (Å²) in [6.45, 7) is 2.10. The minimum atomic E-state index is -0.416. The number of para-hydroxylation sites is 1. The third-order valence-electron chi connectivity index (χ3n) is 3.88. The molecule has 2 aromatic rings. The molecule has 0 atom stereocenters. The second kappa shape index (κ2) is 11.3. The molecule has 0 aliphatic heterocycles. The van der Waals surface area contributed by atoms with Gasteiger partial charge in [-0.05, 0) is 37.3 Å². The second-order valence-corrected chi connectivity index (χ2v) is 6.76. The molecule has 29 heavy (non-hydrogen) atoms. The van der Waals surface area contributed by atoms with Crippen molar-refractivity contribution in [3.8, 4) is 0 Å². The first-order chi connectivity index (χ1) is 13.9. The molecule has 0 aliphatic rings. The van der Waals surface area contributed by atoms with E-state index in [4.69, 9.17) is 27.6 Å². The van der Waals surface area contributed by atoms with Gasteiger partial charge in [0, 0.05) is 25.6 Å². The highest BCUT2D eigenvalue weighted by atomic mass is 35.5. The molecule has 0 fully saturated rings. The number of hydrogen-bond acceptors (Lipinski definition) is 4. The average molecular weight is 438 g/mol. The van der Waals surface area contributed by atoms with E-state index in [9.17, 15) is 14.4 Å². The van der Waals surface area contributed by atoms with Gasteiger partial charge in [0.2, 0.25) is 17.7 Å². The lowest BCUT2D eigenvalue weighted by Gasteiger charge is -2.21. The number of halogens is 2. The standard InChI is InChI=1S/C20H21Cl2N3O4/c1-2-25(13-18(27)24-20-15(21)6-3-7-16(20)22)19(28)10-11-23-17(26)9-8-14-5-4-12-29-14/h3-9,12H,2,10-11,13H2,1H3,(H,23,26)(H,24,27)/b9-8+. The number of nitrogens with zero attached hydrogens (tertiary/aromatic N) is 1. The van der Waals surface area contributed by atoms with E-state index < -0.39 is 5.91 Å². The first-order valence-corrected chi connectivity index (χ1v) is 9.67. The van der Waals surface area contributed by atoms with Crippen molar-refractivity contribution in [2.24, 2.45) is 0 Å². The number of anilines is 1. The zero-order valence-corrected chi connectivity index (χ0v) is 17.3. The normalized spacial score (nSPS) is 10.7. The summed E-state index contributed by atoms with van der Waals surface area (Å²) in [6.07, 6.45) is 4.42. The van der Waals surface area contributed by atoms with Crippen molar-refractivity contribution in [1.29, 1.82) is 0 Å². The molecule has 1 heterocycles. The Morgan fingerprint density at radius 2 is 1.86 bits per heavy atom. The van der Waals surface area contributed by atoms with E-state index in [1.807, 2.05) is 0 Å². The van der Waals surface area contributed by atoms with Crippen LogP contribution in [0, 0.1) is 0 Å². The van der Waals surface area contributed by atoms with Crippen molar-refractivity contribution in [2.45, 2.75) is 13.3 Å². The number of rotatable bonds is 9. The molecule has 1 aromatic heterocycles. The average Bonchev–Trinajstić information content (AvgIpc) is 3.21. The fourth-order valence-electron chi connectivity index (χ4n) is 2.40. The van der Waals surface area contributed by atoms with E-state index >= 15 is 0 Å². The van der Waals surface area contributed by atoms with Gasteiger partial charge in [-0.1, -0.05) is 29.3 Å². The molecule has 9 heteroatoms. The Morgan fingerprint density at radius 1 is 1.14 bits per heavy atom. The third kappa shape index (κ3) is 7.29. The van der Waals surface area contributed by atoms with Gasteiger partial charge in [-0.2, -0.15) is 0 Å². The topological polar surface area (TPSA) is 91.7 Å². The highest BCUT2D eigenvalue weighted by molar-refractivity contribution is 6.39. The minimum Gasteiger partial charge on any atom is -0.465 e. The van der Waals surface area contributed by atoms with Crippen molar-refractivity contribution in [3.05, 3.63) is 58.5 Å². The molecule has 7 nitrogen and oxygen atoms in total. The maximum absolute atomic E-state index is 12.3. The quantitative estimate of drug-likeness (QED) is 0.586.